The second-order valence-corrected chi connectivity index (χ2v) is 7.61. The Kier molecular flexibility index (Phi) is 7.18. The maximum absolute atomic E-state index is 12.5. The van der Waals surface area contributed by atoms with Crippen LogP contribution >= 0.6 is 23.7 Å². The van der Waals surface area contributed by atoms with Gasteiger partial charge in [-0.3, -0.25) is 14.6 Å². The summed E-state index contributed by atoms with van der Waals surface area (Å²) in [5, 5.41) is 2.98. The number of carbonyl (C=O) groups is 2. The number of amides is 1. The van der Waals surface area contributed by atoms with Gasteiger partial charge in [0, 0.05) is 41.0 Å². The van der Waals surface area contributed by atoms with Crippen molar-refractivity contribution < 1.29 is 14.3 Å². The summed E-state index contributed by atoms with van der Waals surface area (Å²) in [7, 11) is 0. The Balaban J connectivity index is 0.00000256. The molecule has 6 nitrogen and oxygen atoms in total. The van der Waals surface area contributed by atoms with E-state index in [1.54, 1.807) is 35.6 Å². The average molecular weight is 444 g/mol. The molecule has 4 rings (SSSR count). The number of nitrogens with zero attached hydrogens (tertiary/aromatic N) is 3. The van der Waals surface area contributed by atoms with Gasteiger partial charge in [0.2, 0.25) is 5.91 Å². The van der Waals surface area contributed by atoms with E-state index in [-0.39, 0.29) is 30.8 Å². The molecule has 0 atom stereocenters. The predicted molar refractivity (Wildman–Crippen MR) is 120 cm³/mol. The van der Waals surface area contributed by atoms with Crippen molar-refractivity contribution in [1.29, 1.82) is 0 Å². The quantitative estimate of drug-likeness (QED) is 0.542. The third-order valence-corrected chi connectivity index (χ3v) is 5.72. The fourth-order valence-electron chi connectivity index (χ4n) is 3.45. The molecule has 0 bridgehead atoms. The van der Waals surface area contributed by atoms with E-state index in [9.17, 15) is 9.59 Å². The van der Waals surface area contributed by atoms with Crippen molar-refractivity contribution in [2.24, 2.45) is 0 Å². The van der Waals surface area contributed by atoms with Crippen LogP contribution in [0, 0.1) is 0 Å². The van der Waals surface area contributed by atoms with Gasteiger partial charge in [-0.2, -0.15) is 0 Å². The Morgan fingerprint density at radius 1 is 1.17 bits per heavy atom. The fraction of sp³-hybridized carbons (Fsp3) is 0.273. The summed E-state index contributed by atoms with van der Waals surface area (Å²) in [4.78, 5) is 34.9. The molecule has 1 aliphatic heterocycles. The number of benzene rings is 1. The van der Waals surface area contributed by atoms with E-state index in [1.807, 2.05) is 29.6 Å². The number of hydrogen-bond donors (Lipinski definition) is 0. The van der Waals surface area contributed by atoms with E-state index in [0.29, 0.717) is 13.0 Å². The number of aryl methyl sites for hydroxylation is 1. The van der Waals surface area contributed by atoms with E-state index >= 15 is 0 Å². The van der Waals surface area contributed by atoms with Gasteiger partial charge in [0.1, 0.15) is 11.6 Å². The molecule has 1 aliphatic rings. The van der Waals surface area contributed by atoms with Gasteiger partial charge in [0.05, 0.1) is 12.3 Å². The molecule has 1 aromatic carbocycles. The second-order valence-electron chi connectivity index (χ2n) is 6.76. The van der Waals surface area contributed by atoms with Gasteiger partial charge in [0.15, 0.2) is 0 Å². The summed E-state index contributed by atoms with van der Waals surface area (Å²) in [5.41, 5.74) is 4.78. The van der Waals surface area contributed by atoms with Gasteiger partial charge in [-0.1, -0.05) is 6.07 Å². The Morgan fingerprint density at radius 2 is 1.97 bits per heavy atom. The normalized spacial score (nSPS) is 13.2. The maximum Gasteiger partial charge on any atom is 0.326 e. The Hall–Kier alpha value is -2.77. The average Bonchev–Trinajstić information content (AvgIpc) is 3.18. The summed E-state index contributed by atoms with van der Waals surface area (Å²) in [5.74, 6) is -0.433. The van der Waals surface area contributed by atoms with E-state index < -0.39 is 0 Å². The van der Waals surface area contributed by atoms with Crippen molar-refractivity contribution in [2.45, 2.75) is 26.2 Å². The summed E-state index contributed by atoms with van der Waals surface area (Å²) in [6.45, 7) is 2.01. The first-order chi connectivity index (χ1) is 14.2. The van der Waals surface area contributed by atoms with Crippen LogP contribution in [-0.4, -0.2) is 35.0 Å². The number of anilines is 1. The van der Waals surface area contributed by atoms with Crippen LogP contribution < -0.4 is 4.90 Å². The highest BCUT2D eigenvalue weighted by Crippen LogP contribution is 2.33. The third-order valence-electron chi connectivity index (χ3n) is 4.83. The molecular weight excluding hydrogens is 422 g/mol. The van der Waals surface area contributed by atoms with Gasteiger partial charge in [-0.25, -0.2) is 4.98 Å². The zero-order valence-corrected chi connectivity index (χ0v) is 18.2. The molecule has 0 fully saturated rings. The standard InChI is InChI=1S/C22H21N3O3S.ClH/c1-2-28-21(27)13-25-19-7-6-16(12-17(19)4-3-5-20(25)26)18-14-29-22(24-18)15-8-10-23-11-9-15;/h6-12,14H,2-5,13H2,1H3;1H. The Bertz CT molecular complexity index is 1040. The number of esters is 1. The number of ether oxygens (including phenoxy) is 1. The lowest BCUT2D eigenvalue weighted by atomic mass is 10.0. The van der Waals surface area contributed by atoms with Crippen LogP contribution in [0.15, 0.2) is 48.1 Å². The van der Waals surface area contributed by atoms with Crippen molar-refractivity contribution in [3.05, 3.63) is 53.7 Å². The van der Waals surface area contributed by atoms with E-state index in [0.717, 1.165) is 45.9 Å². The van der Waals surface area contributed by atoms with Crippen LogP contribution in [0.2, 0.25) is 0 Å². The van der Waals surface area contributed by atoms with Gasteiger partial charge in [-0.05, 0) is 49.6 Å². The SMILES string of the molecule is CCOC(=O)CN1C(=O)CCCc2cc(-c3csc(-c4ccncc4)n3)ccc21.Cl. The maximum atomic E-state index is 12.5. The number of fused-ring (bicyclic) bond motifs is 1. The number of carbonyl (C=O) groups excluding carboxylic acids is 2. The monoisotopic (exact) mass is 443 g/mol. The van der Waals surface area contributed by atoms with Crippen LogP contribution in [0.5, 0.6) is 0 Å². The molecule has 3 heterocycles. The minimum atomic E-state index is -0.390. The second kappa shape index (κ2) is 9.82. The lowest BCUT2D eigenvalue weighted by Crippen LogP contribution is -2.36. The molecule has 1 amide bonds. The molecule has 2 aromatic heterocycles. The van der Waals surface area contributed by atoms with Gasteiger partial charge >= 0.3 is 5.97 Å². The molecule has 0 saturated carbocycles. The Labute approximate surface area is 185 Å². The minimum Gasteiger partial charge on any atom is -0.465 e. The van der Waals surface area contributed by atoms with E-state index in [2.05, 4.69) is 11.1 Å². The summed E-state index contributed by atoms with van der Waals surface area (Å²) in [6, 6.07) is 9.84. The number of pyridine rings is 1. The molecule has 0 saturated heterocycles. The predicted octanol–water partition coefficient (Wildman–Crippen LogP) is 4.53. The van der Waals surface area contributed by atoms with Crippen LogP contribution in [-0.2, 0) is 20.7 Å². The molecule has 30 heavy (non-hydrogen) atoms. The molecule has 0 aliphatic carbocycles. The largest absolute Gasteiger partial charge is 0.465 e. The number of thiazole rings is 1. The molecule has 0 N–H and O–H groups in total. The number of aromatic nitrogens is 2. The van der Waals surface area contributed by atoms with Crippen LogP contribution in [0.3, 0.4) is 0 Å². The lowest BCUT2D eigenvalue weighted by molar-refractivity contribution is -0.142. The fourth-order valence-corrected chi connectivity index (χ4v) is 4.29. The highest BCUT2D eigenvalue weighted by atomic mass is 35.5. The van der Waals surface area contributed by atoms with Crippen LogP contribution in [0.4, 0.5) is 5.69 Å². The topological polar surface area (TPSA) is 72.4 Å². The zero-order chi connectivity index (χ0) is 20.2. The summed E-state index contributed by atoms with van der Waals surface area (Å²) >= 11 is 1.59. The first-order valence-corrected chi connectivity index (χ1v) is 10.5. The lowest BCUT2D eigenvalue weighted by Gasteiger charge is -2.22. The molecular formula is C22H22ClN3O3S. The zero-order valence-electron chi connectivity index (χ0n) is 16.5. The summed E-state index contributed by atoms with van der Waals surface area (Å²) in [6.07, 6.45) is 5.48. The third kappa shape index (κ3) is 4.68. The molecule has 0 unspecified atom stereocenters. The summed E-state index contributed by atoms with van der Waals surface area (Å²) < 4.78 is 5.04. The van der Waals surface area contributed by atoms with Crippen LogP contribution in [0.1, 0.15) is 25.3 Å². The van der Waals surface area contributed by atoms with E-state index in [1.165, 1.54) is 0 Å². The smallest absolute Gasteiger partial charge is 0.326 e. The molecule has 0 spiro atoms. The van der Waals surface area contributed by atoms with Crippen molar-refractivity contribution in [3.8, 4) is 21.8 Å². The molecule has 3 aromatic rings. The van der Waals surface area contributed by atoms with Crippen molar-refractivity contribution in [1.82, 2.24) is 9.97 Å². The number of rotatable bonds is 5. The van der Waals surface area contributed by atoms with Gasteiger partial charge in [0.25, 0.3) is 0 Å². The highest BCUT2D eigenvalue weighted by molar-refractivity contribution is 7.13. The number of hydrogen-bond acceptors (Lipinski definition) is 6. The molecule has 8 heteroatoms. The van der Waals surface area contributed by atoms with Crippen molar-refractivity contribution >= 4 is 41.3 Å². The Morgan fingerprint density at radius 3 is 2.73 bits per heavy atom. The molecule has 156 valence electrons. The van der Waals surface area contributed by atoms with Crippen molar-refractivity contribution in [3.63, 3.8) is 0 Å². The first-order valence-electron chi connectivity index (χ1n) is 9.61. The first kappa shape index (κ1) is 21.9. The molecule has 0 radical (unpaired) electrons. The van der Waals surface area contributed by atoms with Crippen LogP contribution in [0.25, 0.3) is 21.8 Å². The number of halogens is 1. The van der Waals surface area contributed by atoms with Crippen molar-refractivity contribution in [2.75, 3.05) is 18.1 Å². The highest BCUT2D eigenvalue weighted by Gasteiger charge is 2.25. The minimum absolute atomic E-state index is 0. The van der Waals surface area contributed by atoms with Gasteiger partial charge in [-0.15, -0.1) is 23.7 Å². The van der Waals surface area contributed by atoms with Gasteiger partial charge < -0.3 is 9.64 Å². The van der Waals surface area contributed by atoms with E-state index in [4.69, 9.17) is 9.72 Å².